The minimum atomic E-state index is -3.00. The van der Waals surface area contributed by atoms with E-state index in [0.717, 1.165) is 5.69 Å². The van der Waals surface area contributed by atoms with Crippen molar-refractivity contribution in [3.05, 3.63) is 24.3 Å². The molecule has 114 valence electrons. The number of rotatable bonds is 2. The molecule has 1 N–H and O–H groups in total. The number of ether oxygens (including phenoxy) is 1. The molecular formula is C14H18N2O4S. The summed E-state index contributed by atoms with van der Waals surface area (Å²) < 4.78 is 28.8. The van der Waals surface area contributed by atoms with E-state index in [4.69, 9.17) is 4.74 Å². The van der Waals surface area contributed by atoms with Gasteiger partial charge in [0.15, 0.2) is 15.9 Å². The molecule has 1 amide bonds. The highest BCUT2D eigenvalue weighted by Gasteiger charge is 2.36. The van der Waals surface area contributed by atoms with Crippen LogP contribution in [0.2, 0.25) is 0 Å². The summed E-state index contributed by atoms with van der Waals surface area (Å²) in [6.45, 7) is 0.389. The Morgan fingerprint density at radius 2 is 2.14 bits per heavy atom. The van der Waals surface area contributed by atoms with E-state index >= 15 is 0 Å². The Kier molecular flexibility index (Phi) is 3.52. The van der Waals surface area contributed by atoms with Crippen LogP contribution in [0.4, 0.5) is 5.69 Å². The number of hydrogen-bond donors (Lipinski definition) is 1. The maximum atomic E-state index is 12.5. The lowest BCUT2D eigenvalue weighted by molar-refractivity contribution is -0.138. The molecule has 0 spiro atoms. The van der Waals surface area contributed by atoms with E-state index in [1.165, 1.54) is 4.90 Å². The number of amides is 1. The summed E-state index contributed by atoms with van der Waals surface area (Å²) in [5, 5.41) is 3.16. The highest BCUT2D eigenvalue weighted by Crippen LogP contribution is 2.29. The van der Waals surface area contributed by atoms with Crippen molar-refractivity contribution in [3.63, 3.8) is 0 Å². The van der Waals surface area contributed by atoms with Gasteiger partial charge in [-0.25, -0.2) is 8.42 Å². The van der Waals surface area contributed by atoms with E-state index in [1.807, 2.05) is 24.3 Å². The number of para-hydroxylation sites is 2. The van der Waals surface area contributed by atoms with Gasteiger partial charge < -0.3 is 15.0 Å². The Labute approximate surface area is 124 Å². The van der Waals surface area contributed by atoms with Crippen LogP contribution in [0.5, 0.6) is 5.75 Å². The molecule has 2 aliphatic rings. The lowest BCUT2D eigenvalue weighted by Crippen LogP contribution is -2.49. The average molecular weight is 310 g/mol. The number of benzene rings is 1. The van der Waals surface area contributed by atoms with E-state index in [0.29, 0.717) is 18.7 Å². The fourth-order valence-electron chi connectivity index (χ4n) is 2.74. The van der Waals surface area contributed by atoms with Crippen LogP contribution in [0.15, 0.2) is 24.3 Å². The molecule has 0 radical (unpaired) electrons. The number of fused-ring (bicyclic) bond motifs is 1. The number of carbonyl (C=O) groups excluding carboxylic acids is 1. The fraction of sp³-hybridized carbons (Fsp3) is 0.500. The summed E-state index contributed by atoms with van der Waals surface area (Å²) in [5.41, 5.74) is 0.868. The second-order valence-electron chi connectivity index (χ2n) is 5.49. The molecule has 1 aromatic rings. The third-order valence-corrected chi connectivity index (χ3v) is 5.76. The van der Waals surface area contributed by atoms with Gasteiger partial charge in [-0.3, -0.25) is 4.79 Å². The second kappa shape index (κ2) is 5.22. The van der Waals surface area contributed by atoms with E-state index in [2.05, 4.69) is 5.32 Å². The number of hydrogen-bond acceptors (Lipinski definition) is 5. The van der Waals surface area contributed by atoms with Crippen molar-refractivity contribution in [2.75, 3.05) is 30.4 Å². The van der Waals surface area contributed by atoms with Crippen LogP contribution in [0.3, 0.4) is 0 Å². The number of likely N-dealkylation sites (N-methyl/N-ethyl adjacent to an activating group) is 1. The first-order valence-corrected chi connectivity index (χ1v) is 8.75. The van der Waals surface area contributed by atoms with Gasteiger partial charge in [-0.1, -0.05) is 12.1 Å². The third-order valence-electron chi connectivity index (χ3n) is 4.01. The van der Waals surface area contributed by atoms with Gasteiger partial charge in [0.1, 0.15) is 5.75 Å². The highest BCUT2D eigenvalue weighted by molar-refractivity contribution is 7.91. The van der Waals surface area contributed by atoms with Gasteiger partial charge in [0.05, 0.1) is 23.7 Å². The van der Waals surface area contributed by atoms with Crippen LogP contribution in [-0.4, -0.2) is 56.5 Å². The van der Waals surface area contributed by atoms with Crippen LogP contribution < -0.4 is 10.1 Å². The van der Waals surface area contributed by atoms with Gasteiger partial charge in [0, 0.05) is 13.1 Å². The van der Waals surface area contributed by atoms with Crippen LogP contribution in [0.1, 0.15) is 6.42 Å². The Bertz CT molecular complexity index is 659. The summed E-state index contributed by atoms with van der Waals surface area (Å²) in [5.74, 6) is 0.669. The molecule has 1 aromatic carbocycles. The molecular weight excluding hydrogens is 292 g/mol. The third kappa shape index (κ3) is 2.83. The second-order valence-corrected chi connectivity index (χ2v) is 7.72. The van der Waals surface area contributed by atoms with Crippen LogP contribution in [-0.2, 0) is 14.6 Å². The van der Waals surface area contributed by atoms with Crippen molar-refractivity contribution in [1.82, 2.24) is 4.90 Å². The average Bonchev–Trinajstić information content (AvgIpc) is 2.85. The summed E-state index contributed by atoms with van der Waals surface area (Å²) >= 11 is 0. The first-order chi connectivity index (χ1) is 9.96. The summed E-state index contributed by atoms with van der Waals surface area (Å²) in [6, 6.07) is 7.20. The normalized spacial score (nSPS) is 26.3. The molecule has 2 unspecified atom stereocenters. The Morgan fingerprint density at radius 3 is 2.86 bits per heavy atom. The van der Waals surface area contributed by atoms with E-state index in [-0.39, 0.29) is 23.5 Å². The maximum Gasteiger partial charge on any atom is 0.265 e. The Morgan fingerprint density at radius 1 is 1.38 bits per heavy atom. The van der Waals surface area contributed by atoms with Gasteiger partial charge in [-0.15, -0.1) is 0 Å². The van der Waals surface area contributed by atoms with Gasteiger partial charge in [-0.05, 0) is 18.6 Å². The molecule has 0 saturated carbocycles. The smallest absolute Gasteiger partial charge is 0.265 e. The quantitative estimate of drug-likeness (QED) is 0.861. The fourth-order valence-corrected chi connectivity index (χ4v) is 4.51. The lowest BCUT2D eigenvalue weighted by atomic mass is 10.1. The maximum absolute atomic E-state index is 12.5. The topological polar surface area (TPSA) is 75.7 Å². The number of sulfone groups is 1. The molecule has 2 aliphatic heterocycles. The molecule has 1 saturated heterocycles. The highest BCUT2D eigenvalue weighted by atomic mass is 32.2. The Balaban J connectivity index is 1.69. The first kappa shape index (κ1) is 14.2. The zero-order valence-corrected chi connectivity index (χ0v) is 12.6. The van der Waals surface area contributed by atoms with Gasteiger partial charge in [-0.2, -0.15) is 0 Å². The number of nitrogens with zero attached hydrogens (tertiary/aromatic N) is 1. The van der Waals surface area contributed by atoms with Crippen molar-refractivity contribution in [2.45, 2.75) is 18.6 Å². The largest absolute Gasteiger partial charge is 0.477 e. The van der Waals surface area contributed by atoms with Crippen LogP contribution >= 0.6 is 0 Å². The summed E-state index contributed by atoms with van der Waals surface area (Å²) in [7, 11) is -1.35. The van der Waals surface area contributed by atoms with Gasteiger partial charge in [0.2, 0.25) is 0 Å². The van der Waals surface area contributed by atoms with E-state index in [9.17, 15) is 13.2 Å². The van der Waals surface area contributed by atoms with Crippen LogP contribution in [0.25, 0.3) is 0 Å². The molecule has 21 heavy (non-hydrogen) atoms. The molecule has 7 heteroatoms. The monoisotopic (exact) mass is 310 g/mol. The van der Waals surface area contributed by atoms with Crippen molar-refractivity contribution in [3.8, 4) is 5.75 Å². The van der Waals surface area contributed by atoms with Crippen molar-refractivity contribution in [1.29, 1.82) is 0 Å². The minimum absolute atomic E-state index is 0.0476. The van der Waals surface area contributed by atoms with E-state index < -0.39 is 15.9 Å². The van der Waals surface area contributed by atoms with Crippen molar-refractivity contribution < 1.29 is 17.9 Å². The first-order valence-electron chi connectivity index (χ1n) is 6.93. The van der Waals surface area contributed by atoms with Crippen molar-refractivity contribution in [2.24, 2.45) is 0 Å². The molecule has 6 nitrogen and oxygen atoms in total. The molecule has 0 aliphatic carbocycles. The molecule has 3 rings (SSSR count). The van der Waals surface area contributed by atoms with Gasteiger partial charge >= 0.3 is 0 Å². The lowest BCUT2D eigenvalue weighted by Gasteiger charge is -2.31. The van der Waals surface area contributed by atoms with Crippen LogP contribution in [0, 0.1) is 0 Å². The van der Waals surface area contributed by atoms with Crippen molar-refractivity contribution >= 4 is 21.4 Å². The summed E-state index contributed by atoms with van der Waals surface area (Å²) in [4.78, 5) is 14.0. The minimum Gasteiger partial charge on any atom is -0.477 e. The SMILES string of the molecule is CN(C(=O)C1CNc2ccccc2O1)C1CCS(=O)(=O)C1. The Hall–Kier alpha value is -1.76. The summed E-state index contributed by atoms with van der Waals surface area (Å²) in [6.07, 6.45) is -0.116. The van der Waals surface area contributed by atoms with E-state index in [1.54, 1.807) is 7.05 Å². The molecule has 0 aromatic heterocycles. The number of nitrogens with one attached hydrogen (secondary N) is 1. The predicted molar refractivity (Wildman–Crippen MR) is 79.2 cm³/mol. The molecule has 1 fully saturated rings. The zero-order chi connectivity index (χ0) is 15.0. The molecule has 2 atom stereocenters. The zero-order valence-electron chi connectivity index (χ0n) is 11.8. The molecule has 2 heterocycles. The number of anilines is 1. The standard InChI is InChI=1S/C14H18N2O4S/c1-16(10-6-7-21(18,19)9-10)14(17)13-8-15-11-4-2-3-5-12(11)20-13/h2-5,10,13,15H,6-9H2,1H3. The predicted octanol–water partition coefficient (Wildman–Crippen LogP) is 0.505. The number of carbonyl (C=O) groups is 1. The van der Waals surface area contributed by atoms with Gasteiger partial charge in [0.25, 0.3) is 5.91 Å². The molecule has 0 bridgehead atoms.